The van der Waals surface area contributed by atoms with Crippen LogP contribution in [-0.2, 0) is 14.6 Å². The number of fused-ring (bicyclic) bond motifs is 1. The Labute approximate surface area is 194 Å². The van der Waals surface area contributed by atoms with Gasteiger partial charge in [0.05, 0.1) is 22.6 Å². The van der Waals surface area contributed by atoms with Gasteiger partial charge in [0, 0.05) is 23.5 Å². The second kappa shape index (κ2) is 9.24. The third-order valence-corrected chi connectivity index (χ3v) is 9.01. The standard InChI is InChI=1S/C21H24N4O4S3/c1-2-9-24(15-8-10-32(28,29)13-15)17(26)12-31-21-23-19-18(20(27)25(21)22)16(11-30-19)14-6-4-3-5-7-14/h3-7,11,15H,2,8-10,12-13,22H2,1H3/t15-/m1/s1. The molecule has 1 amide bonds. The van der Waals surface area contributed by atoms with E-state index >= 15 is 0 Å². The lowest BCUT2D eigenvalue weighted by Gasteiger charge is -2.27. The van der Waals surface area contributed by atoms with E-state index in [0.717, 1.165) is 34.0 Å². The van der Waals surface area contributed by atoms with Gasteiger partial charge in [0.25, 0.3) is 5.56 Å². The number of amides is 1. The third kappa shape index (κ3) is 4.55. The van der Waals surface area contributed by atoms with Crippen molar-refractivity contribution >= 4 is 49.1 Å². The molecule has 170 valence electrons. The van der Waals surface area contributed by atoms with Crippen LogP contribution in [0.15, 0.2) is 45.7 Å². The van der Waals surface area contributed by atoms with Crippen LogP contribution in [0.1, 0.15) is 19.8 Å². The van der Waals surface area contributed by atoms with Crippen LogP contribution < -0.4 is 11.4 Å². The van der Waals surface area contributed by atoms with E-state index in [1.165, 1.54) is 11.3 Å². The van der Waals surface area contributed by atoms with Crippen LogP contribution >= 0.6 is 23.1 Å². The Morgan fingerprint density at radius 1 is 1.34 bits per heavy atom. The summed E-state index contributed by atoms with van der Waals surface area (Å²) in [6.45, 7) is 2.44. The molecule has 8 nitrogen and oxygen atoms in total. The Kier molecular flexibility index (Phi) is 6.59. The Bertz CT molecular complexity index is 1300. The summed E-state index contributed by atoms with van der Waals surface area (Å²) in [7, 11) is -3.09. The summed E-state index contributed by atoms with van der Waals surface area (Å²) in [5.74, 6) is 6.03. The highest BCUT2D eigenvalue weighted by molar-refractivity contribution is 7.99. The number of nitrogens with zero attached hydrogens (tertiary/aromatic N) is 3. The van der Waals surface area contributed by atoms with Gasteiger partial charge in [0.15, 0.2) is 15.0 Å². The van der Waals surface area contributed by atoms with Crippen LogP contribution in [0, 0.1) is 0 Å². The number of nitrogens with two attached hydrogens (primary N) is 1. The average Bonchev–Trinajstić information content (AvgIpc) is 3.36. The molecule has 0 radical (unpaired) electrons. The van der Waals surface area contributed by atoms with Crippen molar-refractivity contribution in [3.8, 4) is 11.1 Å². The SMILES string of the molecule is CCCN(C(=O)CSc1nc2scc(-c3ccccc3)c2c(=O)n1N)[C@@H]1CCS(=O)(=O)C1. The van der Waals surface area contributed by atoms with Crippen molar-refractivity contribution in [1.29, 1.82) is 0 Å². The first-order valence-electron chi connectivity index (χ1n) is 10.3. The molecule has 1 fully saturated rings. The van der Waals surface area contributed by atoms with Crippen molar-refractivity contribution in [2.75, 3.05) is 29.6 Å². The molecule has 2 aromatic heterocycles. The second-order valence-corrected chi connectivity index (χ2v) is 11.7. The molecule has 1 aromatic carbocycles. The molecule has 0 saturated carbocycles. The van der Waals surface area contributed by atoms with E-state index in [4.69, 9.17) is 5.84 Å². The van der Waals surface area contributed by atoms with E-state index in [9.17, 15) is 18.0 Å². The van der Waals surface area contributed by atoms with Gasteiger partial charge in [0.1, 0.15) is 4.83 Å². The van der Waals surface area contributed by atoms with Gasteiger partial charge in [-0.3, -0.25) is 9.59 Å². The van der Waals surface area contributed by atoms with E-state index < -0.39 is 9.84 Å². The van der Waals surface area contributed by atoms with Crippen LogP contribution in [0.4, 0.5) is 0 Å². The summed E-state index contributed by atoms with van der Waals surface area (Å²) in [6.07, 6.45) is 1.19. The number of thioether (sulfide) groups is 1. The van der Waals surface area contributed by atoms with Gasteiger partial charge in [0.2, 0.25) is 5.91 Å². The Morgan fingerprint density at radius 3 is 2.75 bits per heavy atom. The number of benzene rings is 1. The first-order chi connectivity index (χ1) is 15.3. The molecule has 0 spiro atoms. The quantitative estimate of drug-likeness (QED) is 0.306. The first-order valence-corrected chi connectivity index (χ1v) is 14.0. The van der Waals surface area contributed by atoms with E-state index in [1.807, 2.05) is 42.6 Å². The third-order valence-electron chi connectivity index (χ3n) is 5.45. The molecular weight excluding hydrogens is 468 g/mol. The number of rotatable bonds is 7. The van der Waals surface area contributed by atoms with Crippen molar-refractivity contribution < 1.29 is 13.2 Å². The Balaban J connectivity index is 1.56. The highest BCUT2D eigenvalue weighted by Crippen LogP contribution is 2.31. The van der Waals surface area contributed by atoms with Crippen molar-refractivity contribution in [3.63, 3.8) is 0 Å². The zero-order valence-electron chi connectivity index (χ0n) is 17.6. The van der Waals surface area contributed by atoms with Gasteiger partial charge in [-0.15, -0.1) is 11.3 Å². The fourth-order valence-electron chi connectivity index (χ4n) is 3.90. The monoisotopic (exact) mass is 492 g/mol. The molecule has 0 bridgehead atoms. The number of carbonyl (C=O) groups is 1. The maximum atomic E-state index is 13.0. The summed E-state index contributed by atoms with van der Waals surface area (Å²) >= 11 is 2.45. The molecule has 11 heteroatoms. The zero-order chi connectivity index (χ0) is 22.9. The lowest BCUT2D eigenvalue weighted by molar-refractivity contribution is -0.130. The summed E-state index contributed by atoms with van der Waals surface area (Å²) in [4.78, 5) is 32.7. The predicted octanol–water partition coefficient (Wildman–Crippen LogP) is 2.36. The van der Waals surface area contributed by atoms with E-state index in [0.29, 0.717) is 23.2 Å². The molecule has 1 atom stereocenters. The van der Waals surface area contributed by atoms with Gasteiger partial charge in [-0.05, 0) is 18.4 Å². The maximum Gasteiger partial charge on any atom is 0.282 e. The number of sulfone groups is 1. The second-order valence-electron chi connectivity index (χ2n) is 7.70. The number of thiophene rings is 1. The largest absolute Gasteiger partial charge is 0.338 e. The van der Waals surface area contributed by atoms with Crippen LogP contribution in [-0.4, -0.2) is 58.7 Å². The Hall–Kier alpha value is -2.37. The average molecular weight is 493 g/mol. The molecule has 2 N–H and O–H groups in total. The van der Waals surface area contributed by atoms with Crippen LogP contribution in [0.25, 0.3) is 21.3 Å². The van der Waals surface area contributed by atoms with Crippen LogP contribution in [0.5, 0.6) is 0 Å². The fraction of sp³-hybridized carbons (Fsp3) is 0.381. The molecule has 3 aromatic rings. The topological polar surface area (TPSA) is 115 Å². The highest BCUT2D eigenvalue weighted by atomic mass is 32.2. The number of nitrogen functional groups attached to an aromatic ring is 1. The molecule has 1 aliphatic heterocycles. The van der Waals surface area contributed by atoms with Crippen molar-refractivity contribution in [3.05, 3.63) is 46.1 Å². The van der Waals surface area contributed by atoms with Crippen LogP contribution in [0.2, 0.25) is 0 Å². The molecule has 0 unspecified atom stereocenters. The predicted molar refractivity (Wildman–Crippen MR) is 129 cm³/mol. The lowest BCUT2D eigenvalue weighted by atomic mass is 10.1. The van der Waals surface area contributed by atoms with E-state index in [1.54, 1.807) is 4.90 Å². The minimum atomic E-state index is -3.09. The molecule has 3 heterocycles. The molecule has 32 heavy (non-hydrogen) atoms. The lowest BCUT2D eigenvalue weighted by Crippen LogP contribution is -2.42. The molecule has 1 aliphatic rings. The highest BCUT2D eigenvalue weighted by Gasteiger charge is 2.34. The summed E-state index contributed by atoms with van der Waals surface area (Å²) in [5, 5.41) is 2.60. The number of hydrogen-bond donors (Lipinski definition) is 1. The molecule has 4 rings (SSSR count). The number of hydrogen-bond acceptors (Lipinski definition) is 8. The van der Waals surface area contributed by atoms with Gasteiger partial charge >= 0.3 is 0 Å². The summed E-state index contributed by atoms with van der Waals surface area (Å²) in [6, 6.07) is 9.27. The number of carbonyl (C=O) groups excluding carboxylic acids is 1. The van der Waals surface area contributed by atoms with Crippen LogP contribution in [0.3, 0.4) is 0 Å². The van der Waals surface area contributed by atoms with E-state index in [2.05, 4.69) is 4.98 Å². The van der Waals surface area contributed by atoms with Gasteiger partial charge in [-0.2, -0.15) is 0 Å². The zero-order valence-corrected chi connectivity index (χ0v) is 20.0. The van der Waals surface area contributed by atoms with Gasteiger partial charge < -0.3 is 10.7 Å². The molecular formula is C21H24N4O4S3. The summed E-state index contributed by atoms with van der Waals surface area (Å²) in [5.41, 5.74) is 1.33. The van der Waals surface area contributed by atoms with Crippen molar-refractivity contribution in [1.82, 2.24) is 14.6 Å². The minimum absolute atomic E-state index is 0.00662. The smallest absolute Gasteiger partial charge is 0.282 e. The van der Waals surface area contributed by atoms with Gasteiger partial charge in [-0.25, -0.2) is 18.1 Å². The fourth-order valence-corrected chi connectivity index (χ4v) is 7.42. The Morgan fingerprint density at radius 2 is 2.09 bits per heavy atom. The number of aromatic nitrogens is 2. The maximum absolute atomic E-state index is 13.0. The van der Waals surface area contributed by atoms with Crippen molar-refractivity contribution in [2.24, 2.45) is 0 Å². The summed E-state index contributed by atoms with van der Waals surface area (Å²) < 4.78 is 24.7. The first kappa shape index (κ1) is 22.8. The molecule has 0 aliphatic carbocycles. The van der Waals surface area contributed by atoms with Gasteiger partial charge in [-0.1, -0.05) is 49.0 Å². The minimum Gasteiger partial charge on any atom is -0.338 e. The van der Waals surface area contributed by atoms with Crippen molar-refractivity contribution in [2.45, 2.75) is 31.0 Å². The molecule has 1 saturated heterocycles. The normalized spacial score (nSPS) is 17.6. The van der Waals surface area contributed by atoms with E-state index in [-0.39, 0.29) is 39.9 Å².